The Bertz CT molecular complexity index is 644. The molecule has 2 rings (SSSR count). The van der Waals surface area contributed by atoms with E-state index in [9.17, 15) is 4.79 Å². The highest BCUT2D eigenvalue weighted by Gasteiger charge is 2.06. The first-order valence-corrected chi connectivity index (χ1v) is 7.79. The first-order chi connectivity index (χ1) is 11.2. The third kappa shape index (κ3) is 5.29. The minimum atomic E-state index is 0.0203. The summed E-state index contributed by atoms with van der Waals surface area (Å²) in [4.78, 5) is 11.5. The largest absolute Gasteiger partial charge is 0.494 e. The zero-order chi connectivity index (χ0) is 16.5. The Morgan fingerprint density at radius 2 is 1.65 bits per heavy atom. The van der Waals surface area contributed by atoms with Crippen LogP contribution in [0.4, 0.5) is 0 Å². The van der Waals surface area contributed by atoms with Gasteiger partial charge in [-0.3, -0.25) is 4.79 Å². The highest BCUT2D eigenvalue weighted by molar-refractivity contribution is 5.96. The maximum absolute atomic E-state index is 11.5. The van der Waals surface area contributed by atoms with Gasteiger partial charge in [0, 0.05) is 0 Å². The summed E-state index contributed by atoms with van der Waals surface area (Å²) in [6.45, 7) is 6.49. The highest BCUT2D eigenvalue weighted by Crippen LogP contribution is 2.18. The fourth-order valence-electron chi connectivity index (χ4n) is 2.16. The van der Waals surface area contributed by atoms with Crippen LogP contribution in [0.5, 0.6) is 11.5 Å². The summed E-state index contributed by atoms with van der Waals surface area (Å²) in [6, 6.07) is 15.2. The predicted molar refractivity (Wildman–Crippen MR) is 93.2 cm³/mol. The number of Topliss-reactive ketones (excluding diaryl/α,β-unsaturated/α-hetero) is 1. The lowest BCUT2D eigenvalue weighted by atomic mass is 10.1. The molecule has 2 aromatic carbocycles. The number of ether oxygens (including phenoxy) is 2. The molecule has 0 radical (unpaired) electrons. The van der Waals surface area contributed by atoms with Gasteiger partial charge >= 0.3 is 0 Å². The van der Waals surface area contributed by atoms with E-state index in [0.717, 1.165) is 24.2 Å². The van der Waals surface area contributed by atoms with Crippen molar-refractivity contribution in [3.8, 4) is 11.5 Å². The van der Waals surface area contributed by atoms with Crippen molar-refractivity contribution in [2.45, 2.75) is 19.8 Å². The van der Waals surface area contributed by atoms with E-state index in [2.05, 4.69) is 6.58 Å². The Balaban J connectivity index is 1.68. The molecule has 0 unspecified atom stereocenters. The summed E-state index contributed by atoms with van der Waals surface area (Å²) >= 11 is 0. The fraction of sp³-hybridized carbons (Fsp3) is 0.250. The smallest absolute Gasteiger partial charge is 0.163 e. The van der Waals surface area contributed by atoms with Crippen LogP contribution >= 0.6 is 0 Å². The van der Waals surface area contributed by atoms with Crippen molar-refractivity contribution >= 4 is 11.9 Å². The molecule has 0 saturated heterocycles. The van der Waals surface area contributed by atoms with Gasteiger partial charge in [0.25, 0.3) is 0 Å². The topological polar surface area (TPSA) is 35.5 Å². The van der Waals surface area contributed by atoms with Gasteiger partial charge < -0.3 is 9.47 Å². The number of rotatable bonds is 9. The van der Waals surface area contributed by atoms with Crippen molar-refractivity contribution < 1.29 is 14.3 Å². The van der Waals surface area contributed by atoms with Crippen molar-refractivity contribution in [1.82, 2.24) is 0 Å². The second-order valence-electron chi connectivity index (χ2n) is 5.23. The predicted octanol–water partition coefficient (Wildman–Crippen LogP) is 4.77. The molecule has 2 aromatic rings. The van der Waals surface area contributed by atoms with E-state index in [1.807, 2.05) is 42.5 Å². The highest BCUT2D eigenvalue weighted by atomic mass is 16.5. The quantitative estimate of drug-likeness (QED) is 0.494. The van der Waals surface area contributed by atoms with Crippen LogP contribution in [0.1, 0.15) is 35.7 Å². The Labute approximate surface area is 137 Å². The first-order valence-electron chi connectivity index (χ1n) is 7.79. The molecule has 120 valence electrons. The lowest BCUT2D eigenvalue weighted by Gasteiger charge is -2.10. The summed E-state index contributed by atoms with van der Waals surface area (Å²) in [5.41, 5.74) is 1.71. The van der Waals surface area contributed by atoms with Crippen molar-refractivity contribution in [2.75, 3.05) is 13.2 Å². The normalized spacial score (nSPS) is 10.1. The van der Waals surface area contributed by atoms with Crippen molar-refractivity contribution in [1.29, 1.82) is 0 Å². The van der Waals surface area contributed by atoms with E-state index in [0.29, 0.717) is 24.5 Å². The van der Waals surface area contributed by atoms with Gasteiger partial charge in [-0.1, -0.05) is 36.9 Å². The van der Waals surface area contributed by atoms with E-state index in [1.165, 1.54) is 0 Å². The van der Waals surface area contributed by atoms with Crippen LogP contribution < -0.4 is 9.47 Å². The monoisotopic (exact) mass is 310 g/mol. The van der Waals surface area contributed by atoms with E-state index < -0.39 is 0 Å². The summed E-state index contributed by atoms with van der Waals surface area (Å²) in [5, 5.41) is 0. The summed E-state index contributed by atoms with van der Waals surface area (Å²) in [7, 11) is 0. The van der Waals surface area contributed by atoms with Gasteiger partial charge in [0.1, 0.15) is 11.5 Å². The maximum atomic E-state index is 11.5. The lowest BCUT2D eigenvalue weighted by molar-refractivity contribution is 0.101. The molecule has 3 heteroatoms. The van der Waals surface area contributed by atoms with Crippen molar-refractivity contribution in [3.05, 3.63) is 66.2 Å². The molecule has 3 nitrogen and oxygen atoms in total. The number of ketones is 1. The molecule has 0 heterocycles. The van der Waals surface area contributed by atoms with E-state index in [-0.39, 0.29) is 5.78 Å². The number of carbonyl (C=O) groups excluding carboxylic acids is 1. The van der Waals surface area contributed by atoms with Crippen LogP contribution in [0, 0.1) is 0 Å². The third-order valence-electron chi connectivity index (χ3n) is 3.45. The van der Waals surface area contributed by atoms with Gasteiger partial charge in [-0.2, -0.15) is 0 Å². The number of unbranched alkanes of at least 4 members (excludes halogenated alkanes) is 1. The number of hydrogen-bond acceptors (Lipinski definition) is 3. The molecular formula is C20H22O3. The number of hydrogen-bond donors (Lipinski definition) is 0. The van der Waals surface area contributed by atoms with Crippen LogP contribution in [-0.4, -0.2) is 19.0 Å². The molecule has 0 atom stereocenters. The van der Waals surface area contributed by atoms with Crippen LogP contribution in [0.15, 0.2) is 55.1 Å². The van der Waals surface area contributed by atoms with E-state index >= 15 is 0 Å². The molecule has 0 aliphatic heterocycles. The first kappa shape index (κ1) is 16.8. The minimum Gasteiger partial charge on any atom is -0.494 e. The fourth-order valence-corrected chi connectivity index (χ4v) is 2.16. The van der Waals surface area contributed by atoms with Gasteiger partial charge in [0.05, 0.1) is 18.8 Å². The number of benzene rings is 2. The Hall–Kier alpha value is -2.55. The standard InChI is InChI=1S/C20H22O3/c1-3-17-10-12-18(13-11-17)22-14-6-7-15-23-20-9-5-4-8-19(20)16(2)21/h3-5,8-13H,1,6-7,14-15H2,2H3. The molecule has 0 fully saturated rings. The molecule has 0 saturated carbocycles. The van der Waals surface area contributed by atoms with Gasteiger partial charge in [-0.15, -0.1) is 0 Å². The van der Waals surface area contributed by atoms with E-state index in [1.54, 1.807) is 19.1 Å². The van der Waals surface area contributed by atoms with Crippen LogP contribution in [0.3, 0.4) is 0 Å². The number of carbonyl (C=O) groups is 1. The van der Waals surface area contributed by atoms with Crippen LogP contribution in [0.25, 0.3) is 6.08 Å². The van der Waals surface area contributed by atoms with Gasteiger partial charge in [0.15, 0.2) is 5.78 Å². The lowest BCUT2D eigenvalue weighted by Crippen LogP contribution is -2.05. The molecule has 0 N–H and O–H groups in total. The zero-order valence-corrected chi connectivity index (χ0v) is 13.5. The SMILES string of the molecule is C=Cc1ccc(OCCCCOc2ccccc2C(C)=O)cc1. The molecule has 0 aliphatic rings. The summed E-state index contributed by atoms with van der Waals surface area (Å²) in [5.74, 6) is 1.53. The Kier molecular flexibility index (Phi) is 6.42. The second kappa shape index (κ2) is 8.79. The molecule has 23 heavy (non-hydrogen) atoms. The zero-order valence-electron chi connectivity index (χ0n) is 13.5. The molecule has 0 bridgehead atoms. The number of para-hydroxylation sites is 1. The summed E-state index contributed by atoms with van der Waals surface area (Å²) in [6.07, 6.45) is 3.57. The molecule has 0 spiro atoms. The van der Waals surface area contributed by atoms with Gasteiger partial charge in [-0.05, 0) is 49.6 Å². The molecule has 0 aliphatic carbocycles. The molecule has 0 amide bonds. The maximum Gasteiger partial charge on any atom is 0.163 e. The van der Waals surface area contributed by atoms with Crippen LogP contribution in [0.2, 0.25) is 0 Å². The van der Waals surface area contributed by atoms with Crippen molar-refractivity contribution in [3.63, 3.8) is 0 Å². The second-order valence-corrected chi connectivity index (χ2v) is 5.23. The third-order valence-corrected chi connectivity index (χ3v) is 3.45. The molecule has 0 aromatic heterocycles. The summed E-state index contributed by atoms with van der Waals surface area (Å²) < 4.78 is 11.4. The molecular weight excluding hydrogens is 288 g/mol. The Morgan fingerprint density at radius 1 is 1.00 bits per heavy atom. The van der Waals surface area contributed by atoms with Crippen molar-refractivity contribution in [2.24, 2.45) is 0 Å². The van der Waals surface area contributed by atoms with Crippen LogP contribution in [-0.2, 0) is 0 Å². The van der Waals surface area contributed by atoms with Gasteiger partial charge in [-0.25, -0.2) is 0 Å². The van der Waals surface area contributed by atoms with E-state index in [4.69, 9.17) is 9.47 Å². The Morgan fingerprint density at radius 3 is 2.30 bits per heavy atom. The minimum absolute atomic E-state index is 0.0203. The van der Waals surface area contributed by atoms with Gasteiger partial charge in [0.2, 0.25) is 0 Å². The average molecular weight is 310 g/mol. The average Bonchev–Trinajstić information content (AvgIpc) is 2.58.